The van der Waals surface area contributed by atoms with Gasteiger partial charge < -0.3 is 19.8 Å². The molecule has 1 aliphatic carbocycles. The van der Waals surface area contributed by atoms with Crippen LogP contribution < -0.4 is 4.90 Å². The second kappa shape index (κ2) is 11.5. The zero-order chi connectivity index (χ0) is 29.6. The number of aliphatic hydroxyl groups is 1. The summed E-state index contributed by atoms with van der Waals surface area (Å²) >= 11 is 6.36. The molecule has 0 spiro atoms. The topological polar surface area (TPSA) is 64.1 Å². The van der Waals surface area contributed by atoms with Gasteiger partial charge in [-0.2, -0.15) is 0 Å². The molecule has 4 rings (SSSR count). The third-order valence-corrected chi connectivity index (χ3v) is 9.74. The van der Waals surface area contributed by atoms with E-state index in [-0.39, 0.29) is 47.9 Å². The van der Waals surface area contributed by atoms with Gasteiger partial charge in [0.2, 0.25) is 11.8 Å². The fourth-order valence-electron chi connectivity index (χ4n) is 7.02. The number of rotatable bonds is 5. The number of carbonyl (C=O) groups excluding carboxylic acids is 2. The van der Waals surface area contributed by atoms with Gasteiger partial charge in [-0.1, -0.05) is 67.0 Å². The number of halogens is 1. The Hall–Kier alpha value is -1.79. The molecule has 0 aromatic heterocycles. The standard InChI is InChI=1S/C33H52ClN3O3/c1-31(2,3)27-17-23(34)9-10-28(27)35-16-13-22(19-35)29(39)36-20-25(18-26(36)21-38)37(30(40)32(4,5)6)24-11-14-33(7,8)15-12-24/h9-10,17,22,24-26,38H,11-16,18-21H2,1-8H3/t22-,25-,26-/m0/s1. The molecular formula is C33H52ClN3O3. The highest BCUT2D eigenvalue weighted by molar-refractivity contribution is 6.30. The quantitative estimate of drug-likeness (QED) is 0.451. The van der Waals surface area contributed by atoms with E-state index in [9.17, 15) is 14.7 Å². The van der Waals surface area contributed by atoms with Crippen molar-refractivity contribution in [3.63, 3.8) is 0 Å². The predicted molar refractivity (Wildman–Crippen MR) is 164 cm³/mol. The van der Waals surface area contributed by atoms with Gasteiger partial charge in [0, 0.05) is 41.8 Å². The van der Waals surface area contributed by atoms with Crippen molar-refractivity contribution in [3.05, 3.63) is 28.8 Å². The number of hydrogen-bond acceptors (Lipinski definition) is 4. The van der Waals surface area contributed by atoms with E-state index in [0.29, 0.717) is 24.9 Å². The Balaban J connectivity index is 1.52. The van der Waals surface area contributed by atoms with E-state index in [1.54, 1.807) is 0 Å². The molecule has 2 saturated heterocycles. The van der Waals surface area contributed by atoms with Gasteiger partial charge >= 0.3 is 0 Å². The molecule has 0 unspecified atom stereocenters. The zero-order valence-electron chi connectivity index (χ0n) is 26.1. The van der Waals surface area contributed by atoms with Crippen LogP contribution in [0.5, 0.6) is 0 Å². The van der Waals surface area contributed by atoms with Crippen molar-refractivity contribution in [2.75, 3.05) is 31.1 Å². The van der Waals surface area contributed by atoms with Gasteiger partial charge in [-0.15, -0.1) is 0 Å². The van der Waals surface area contributed by atoms with Crippen molar-refractivity contribution >= 4 is 29.1 Å². The molecule has 2 amide bonds. The third kappa shape index (κ3) is 6.64. The molecule has 6 nitrogen and oxygen atoms in total. The molecule has 7 heteroatoms. The van der Waals surface area contributed by atoms with Gasteiger partial charge in [-0.05, 0) is 73.1 Å². The third-order valence-electron chi connectivity index (χ3n) is 9.50. The number of aliphatic hydroxyl groups excluding tert-OH is 1. The first-order valence-corrected chi connectivity index (χ1v) is 15.7. The summed E-state index contributed by atoms with van der Waals surface area (Å²) < 4.78 is 0. The second-order valence-corrected chi connectivity index (χ2v) is 15.9. The molecule has 3 fully saturated rings. The van der Waals surface area contributed by atoms with Crippen molar-refractivity contribution in [1.82, 2.24) is 9.80 Å². The van der Waals surface area contributed by atoms with Gasteiger partial charge in [0.25, 0.3) is 0 Å². The molecule has 2 heterocycles. The minimum atomic E-state index is -0.492. The summed E-state index contributed by atoms with van der Waals surface area (Å²) in [4.78, 5) is 34.2. The lowest BCUT2D eigenvalue weighted by Crippen LogP contribution is -2.54. The molecule has 224 valence electrons. The monoisotopic (exact) mass is 573 g/mol. The van der Waals surface area contributed by atoms with Crippen LogP contribution in [-0.2, 0) is 15.0 Å². The number of anilines is 1. The number of nitrogens with zero attached hydrogens (tertiary/aromatic N) is 3. The Morgan fingerprint density at radius 1 is 1.02 bits per heavy atom. The van der Waals surface area contributed by atoms with E-state index < -0.39 is 5.41 Å². The van der Waals surface area contributed by atoms with Gasteiger partial charge in [0.1, 0.15) is 0 Å². The molecule has 40 heavy (non-hydrogen) atoms. The molecule has 0 bridgehead atoms. The van der Waals surface area contributed by atoms with Crippen LogP contribution in [0.25, 0.3) is 0 Å². The Labute approximate surface area is 247 Å². The smallest absolute Gasteiger partial charge is 0.228 e. The maximum atomic E-state index is 14.0. The summed E-state index contributed by atoms with van der Waals surface area (Å²) in [6.07, 6.45) is 5.63. The average Bonchev–Trinajstić information content (AvgIpc) is 3.51. The van der Waals surface area contributed by atoms with Gasteiger partial charge in [0.05, 0.1) is 24.6 Å². The van der Waals surface area contributed by atoms with Crippen LogP contribution in [0.2, 0.25) is 5.02 Å². The fourth-order valence-corrected chi connectivity index (χ4v) is 7.19. The van der Waals surface area contributed by atoms with Crippen LogP contribution in [0.4, 0.5) is 5.69 Å². The number of carbonyl (C=O) groups is 2. The van der Waals surface area contributed by atoms with E-state index in [2.05, 4.69) is 50.5 Å². The summed E-state index contributed by atoms with van der Waals surface area (Å²) in [7, 11) is 0. The highest BCUT2D eigenvalue weighted by Gasteiger charge is 2.46. The molecule has 2 aliphatic heterocycles. The lowest BCUT2D eigenvalue weighted by atomic mass is 9.74. The number of hydrogen-bond donors (Lipinski definition) is 1. The van der Waals surface area contributed by atoms with Crippen LogP contribution in [-0.4, -0.2) is 71.1 Å². The average molecular weight is 574 g/mol. The lowest BCUT2D eigenvalue weighted by Gasteiger charge is -2.45. The van der Waals surface area contributed by atoms with Crippen LogP contribution in [0, 0.1) is 16.7 Å². The first kappa shape index (κ1) is 31.2. The minimum absolute atomic E-state index is 0.0553. The van der Waals surface area contributed by atoms with Crippen molar-refractivity contribution in [1.29, 1.82) is 0 Å². The fraction of sp³-hybridized carbons (Fsp3) is 0.758. The number of likely N-dealkylation sites (tertiary alicyclic amines) is 1. The molecule has 1 N–H and O–H groups in total. The summed E-state index contributed by atoms with van der Waals surface area (Å²) in [6.45, 7) is 19.1. The Morgan fingerprint density at radius 2 is 1.68 bits per heavy atom. The lowest BCUT2D eigenvalue weighted by molar-refractivity contribution is -0.146. The summed E-state index contributed by atoms with van der Waals surface area (Å²) in [6, 6.07) is 5.96. The van der Waals surface area contributed by atoms with Crippen molar-refractivity contribution in [3.8, 4) is 0 Å². The van der Waals surface area contributed by atoms with Gasteiger partial charge in [-0.3, -0.25) is 9.59 Å². The second-order valence-electron chi connectivity index (χ2n) is 15.4. The van der Waals surface area contributed by atoms with E-state index in [1.807, 2.05) is 37.8 Å². The molecule has 3 aliphatic rings. The van der Waals surface area contributed by atoms with Gasteiger partial charge in [-0.25, -0.2) is 0 Å². The van der Waals surface area contributed by atoms with Crippen LogP contribution in [0.15, 0.2) is 18.2 Å². The van der Waals surface area contributed by atoms with Crippen molar-refractivity contribution in [2.45, 2.75) is 117 Å². The van der Waals surface area contributed by atoms with E-state index >= 15 is 0 Å². The van der Waals surface area contributed by atoms with E-state index in [4.69, 9.17) is 11.6 Å². The minimum Gasteiger partial charge on any atom is -0.394 e. The van der Waals surface area contributed by atoms with Crippen LogP contribution in [0.3, 0.4) is 0 Å². The zero-order valence-corrected chi connectivity index (χ0v) is 26.9. The highest BCUT2D eigenvalue weighted by atomic mass is 35.5. The Bertz CT molecular complexity index is 1080. The van der Waals surface area contributed by atoms with E-state index in [1.165, 1.54) is 5.56 Å². The molecule has 1 aromatic carbocycles. The summed E-state index contributed by atoms with van der Waals surface area (Å²) in [5.41, 5.74) is 2.09. The highest BCUT2D eigenvalue weighted by Crippen LogP contribution is 2.41. The summed E-state index contributed by atoms with van der Waals surface area (Å²) in [5, 5.41) is 11.1. The van der Waals surface area contributed by atoms with Crippen LogP contribution in [0.1, 0.15) is 99.5 Å². The molecular weight excluding hydrogens is 522 g/mol. The first-order chi connectivity index (χ1) is 18.5. The Morgan fingerprint density at radius 3 is 2.25 bits per heavy atom. The molecule has 0 radical (unpaired) electrons. The van der Waals surface area contributed by atoms with Gasteiger partial charge in [0.15, 0.2) is 0 Å². The van der Waals surface area contributed by atoms with Crippen LogP contribution >= 0.6 is 11.6 Å². The SMILES string of the molecule is CC1(C)CCC(N(C(=O)C(C)(C)C)[C@H]2C[C@@H](CO)N(C(=O)[C@H]3CCN(c4ccc(Cl)cc4C(C)(C)C)C3)C2)CC1. The largest absolute Gasteiger partial charge is 0.394 e. The molecule has 1 saturated carbocycles. The number of amides is 2. The predicted octanol–water partition coefficient (Wildman–Crippen LogP) is 6.27. The van der Waals surface area contributed by atoms with Crippen molar-refractivity contribution in [2.24, 2.45) is 16.7 Å². The first-order valence-electron chi connectivity index (χ1n) is 15.3. The Kier molecular flexibility index (Phi) is 8.94. The van der Waals surface area contributed by atoms with Crippen molar-refractivity contribution < 1.29 is 14.7 Å². The maximum Gasteiger partial charge on any atom is 0.228 e. The normalized spacial score (nSPS) is 25.9. The number of benzene rings is 1. The van der Waals surface area contributed by atoms with E-state index in [0.717, 1.165) is 49.4 Å². The maximum absolute atomic E-state index is 14.0. The molecule has 1 aromatic rings. The molecule has 3 atom stereocenters. The summed E-state index contributed by atoms with van der Waals surface area (Å²) in [5.74, 6) is 0.152.